The fraction of sp³-hybridized carbons (Fsp3) is 0.333. The Labute approximate surface area is 125 Å². The average Bonchev–Trinajstić information content (AvgIpc) is 2.96. The van der Waals surface area contributed by atoms with Crippen molar-refractivity contribution in [2.75, 3.05) is 12.8 Å². The van der Waals surface area contributed by atoms with Gasteiger partial charge < -0.3 is 5.32 Å². The number of benzene rings is 2. The summed E-state index contributed by atoms with van der Waals surface area (Å²) < 4.78 is 0. The van der Waals surface area contributed by atoms with Gasteiger partial charge in [-0.3, -0.25) is 0 Å². The Kier molecular flexibility index (Phi) is 4.44. The maximum absolute atomic E-state index is 3.70. The molecule has 2 heteroatoms. The smallest absolute Gasteiger partial charge is 0.0363 e. The summed E-state index contributed by atoms with van der Waals surface area (Å²) in [5, 5.41) is 3.70. The molecule has 2 aromatic rings. The van der Waals surface area contributed by atoms with E-state index in [2.05, 4.69) is 66.2 Å². The van der Waals surface area contributed by atoms with E-state index in [-0.39, 0.29) is 0 Å². The lowest BCUT2D eigenvalue weighted by Crippen LogP contribution is -2.20. The van der Waals surface area contributed by atoms with Gasteiger partial charge in [-0.15, -0.1) is 11.8 Å². The highest BCUT2D eigenvalue weighted by atomic mass is 32.2. The molecular weight excluding hydrogens is 262 g/mol. The maximum Gasteiger partial charge on any atom is 0.0363 e. The molecule has 0 bridgehead atoms. The topological polar surface area (TPSA) is 12.0 Å². The third-order valence-corrected chi connectivity index (χ3v) is 4.98. The monoisotopic (exact) mass is 283 g/mol. The van der Waals surface area contributed by atoms with E-state index in [1.54, 1.807) is 0 Å². The van der Waals surface area contributed by atoms with Gasteiger partial charge in [0, 0.05) is 10.9 Å². The highest BCUT2D eigenvalue weighted by molar-refractivity contribution is 7.98. The molecule has 20 heavy (non-hydrogen) atoms. The lowest BCUT2D eigenvalue weighted by atomic mass is 9.88. The van der Waals surface area contributed by atoms with Crippen molar-refractivity contribution in [2.45, 2.75) is 23.8 Å². The Morgan fingerprint density at radius 1 is 1.05 bits per heavy atom. The number of nitrogens with one attached hydrogen (secondary N) is 1. The molecular formula is C18H21NS. The predicted octanol–water partition coefficient (Wildman–Crippen LogP) is 4.30. The van der Waals surface area contributed by atoms with E-state index >= 15 is 0 Å². The Morgan fingerprint density at radius 2 is 1.80 bits per heavy atom. The van der Waals surface area contributed by atoms with E-state index in [0.717, 1.165) is 6.54 Å². The molecule has 1 N–H and O–H groups in total. The molecule has 0 aliphatic carbocycles. The van der Waals surface area contributed by atoms with Gasteiger partial charge in [0.2, 0.25) is 0 Å². The molecule has 1 heterocycles. The second kappa shape index (κ2) is 6.47. The molecule has 0 radical (unpaired) electrons. The number of hydrogen-bond acceptors (Lipinski definition) is 2. The first-order valence-corrected chi connectivity index (χ1v) is 8.51. The predicted molar refractivity (Wildman–Crippen MR) is 87.2 cm³/mol. The zero-order valence-corrected chi connectivity index (χ0v) is 12.7. The van der Waals surface area contributed by atoms with E-state index in [1.165, 1.54) is 28.9 Å². The van der Waals surface area contributed by atoms with Crippen LogP contribution in [0.15, 0.2) is 59.5 Å². The van der Waals surface area contributed by atoms with E-state index in [1.807, 2.05) is 11.8 Å². The fourth-order valence-electron chi connectivity index (χ4n) is 3.18. The zero-order valence-electron chi connectivity index (χ0n) is 11.9. The molecule has 2 unspecified atom stereocenters. The average molecular weight is 283 g/mol. The molecule has 2 atom stereocenters. The molecule has 1 aliphatic rings. The van der Waals surface area contributed by atoms with Crippen molar-refractivity contribution >= 4 is 11.8 Å². The quantitative estimate of drug-likeness (QED) is 0.840. The summed E-state index contributed by atoms with van der Waals surface area (Å²) in [7, 11) is 0. The van der Waals surface area contributed by atoms with Crippen molar-refractivity contribution in [1.29, 1.82) is 0 Å². The van der Waals surface area contributed by atoms with Crippen LogP contribution in [0.1, 0.15) is 23.6 Å². The second-order valence-electron chi connectivity index (χ2n) is 5.41. The standard InChI is InChI=1S/C18H21NS/c1-20-17-10-6-5-9-16(17)18-15(11-12-19-18)13-14-7-3-2-4-8-14/h2-10,15,18-19H,11-13H2,1H3. The zero-order chi connectivity index (χ0) is 13.8. The Balaban J connectivity index is 1.82. The number of thioether (sulfide) groups is 1. The highest BCUT2D eigenvalue weighted by Crippen LogP contribution is 2.36. The Hall–Kier alpha value is -1.25. The molecule has 3 rings (SSSR count). The molecule has 0 aromatic heterocycles. The first-order chi connectivity index (χ1) is 9.88. The summed E-state index contributed by atoms with van der Waals surface area (Å²) in [5.41, 5.74) is 2.92. The van der Waals surface area contributed by atoms with Gasteiger partial charge in [0.1, 0.15) is 0 Å². The molecule has 0 spiro atoms. The minimum Gasteiger partial charge on any atom is -0.310 e. The molecule has 0 amide bonds. The summed E-state index contributed by atoms with van der Waals surface area (Å²) in [6.45, 7) is 1.13. The van der Waals surface area contributed by atoms with Crippen LogP contribution in [-0.2, 0) is 6.42 Å². The van der Waals surface area contributed by atoms with Gasteiger partial charge in [0.25, 0.3) is 0 Å². The van der Waals surface area contributed by atoms with Gasteiger partial charge in [-0.2, -0.15) is 0 Å². The third-order valence-electron chi connectivity index (χ3n) is 4.17. The van der Waals surface area contributed by atoms with Gasteiger partial charge in [0.15, 0.2) is 0 Å². The van der Waals surface area contributed by atoms with Crippen LogP contribution in [0.4, 0.5) is 0 Å². The van der Waals surface area contributed by atoms with Gasteiger partial charge in [-0.25, -0.2) is 0 Å². The van der Waals surface area contributed by atoms with E-state index in [9.17, 15) is 0 Å². The molecule has 1 nitrogen and oxygen atoms in total. The van der Waals surface area contributed by atoms with Crippen LogP contribution in [-0.4, -0.2) is 12.8 Å². The van der Waals surface area contributed by atoms with Crippen LogP contribution in [0.5, 0.6) is 0 Å². The van der Waals surface area contributed by atoms with Crippen molar-refractivity contribution < 1.29 is 0 Å². The molecule has 1 fully saturated rings. The van der Waals surface area contributed by atoms with E-state index in [0.29, 0.717) is 12.0 Å². The first kappa shape index (κ1) is 13.7. The summed E-state index contributed by atoms with van der Waals surface area (Å²) in [6, 6.07) is 20.2. The van der Waals surface area contributed by atoms with Gasteiger partial charge in [0.05, 0.1) is 0 Å². The summed E-state index contributed by atoms with van der Waals surface area (Å²) in [5.74, 6) is 0.700. The fourth-order valence-corrected chi connectivity index (χ4v) is 3.83. The summed E-state index contributed by atoms with van der Waals surface area (Å²) in [6.07, 6.45) is 4.60. The molecule has 1 saturated heterocycles. The Bertz CT molecular complexity index is 552. The molecule has 104 valence electrons. The second-order valence-corrected chi connectivity index (χ2v) is 6.26. The van der Waals surface area contributed by atoms with Crippen molar-refractivity contribution in [1.82, 2.24) is 5.32 Å². The first-order valence-electron chi connectivity index (χ1n) is 7.28. The lowest BCUT2D eigenvalue weighted by molar-refractivity contribution is 0.455. The normalized spacial score (nSPS) is 22.1. The van der Waals surface area contributed by atoms with Crippen molar-refractivity contribution in [3.8, 4) is 0 Å². The summed E-state index contributed by atoms with van der Waals surface area (Å²) in [4.78, 5) is 1.41. The van der Waals surface area contributed by atoms with E-state index in [4.69, 9.17) is 0 Å². The van der Waals surface area contributed by atoms with Crippen molar-refractivity contribution in [3.63, 3.8) is 0 Å². The summed E-state index contributed by atoms with van der Waals surface area (Å²) >= 11 is 1.85. The Morgan fingerprint density at radius 3 is 2.60 bits per heavy atom. The van der Waals surface area contributed by atoms with Crippen molar-refractivity contribution in [3.05, 3.63) is 65.7 Å². The van der Waals surface area contributed by atoms with Crippen LogP contribution in [0.3, 0.4) is 0 Å². The minimum atomic E-state index is 0.499. The van der Waals surface area contributed by atoms with Crippen LogP contribution < -0.4 is 5.32 Å². The number of rotatable bonds is 4. The SMILES string of the molecule is CSc1ccccc1C1NCCC1Cc1ccccc1. The van der Waals surface area contributed by atoms with Crippen LogP contribution in [0.25, 0.3) is 0 Å². The van der Waals surface area contributed by atoms with Crippen molar-refractivity contribution in [2.24, 2.45) is 5.92 Å². The van der Waals surface area contributed by atoms with Gasteiger partial charge in [-0.1, -0.05) is 48.5 Å². The van der Waals surface area contributed by atoms with E-state index < -0.39 is 0 Å². The third kappa shape index (κ3) is 2.92. The van der Waals surface area contributed by atoms with Crippen LogP contribution >= 0.6 is 11.8 Å². The molecule has 1 aliphatic heterocycles. The van der Waals surface area contributed by atoms with Gasteiger partial charge in [-0.05, 0) is 48.8 Å². The lowest BCUT2D eigenvalue weighted by Gasteiger charge is -2.22. The molecule has 0 saturated carbocycles. The maximum atomic E-state index is 3.70. The molecule has 2 aromatic carbocycles. The van der Waals surface area contributed by atoms with Gasteiger partial charge >= 0.3 is 0 Å². The highest BCUT2D eigenvalue weighted by Gasteiger charge is 2.29. The largest absolute Gasteiger partial charge is 0.310 e. The van der Waals surface area contributed by atoms with Crippen LogP contribution in [0.2, 0.25) is 0 Å². The number of hydrogen-bond donors (Lipinski definition) is 1. The minimum absolute atomic E-state index is 0.499. The van der Waals surface area contributed by atoms with Crippen LogP contribution in [0, 0.1) is 5.92 Å².